The summed E-state index contributed by atoms with van der Waals surface area (Å²) in [4.78, 5) is 13.3. The highest BCUT2D eigenvalue weighted by Crippen LogP contribution is 2.40. The van der Waals surface area contributed by atoms with Crippen LogP contribution in [0.25, 0.3) is 10.9 Å². The van der Waals surface area contributed by atoms with Gasteiger partial charge >= 0.3 is 0 Å². The molecule has 5 nitrogen and oxygen atoms in total. The van der Waals surface area contributed by atoms with E-state index in [2.05, 4.69) is 40.6 Å². The first-order valence-electron chi connectivity index (χ1n) is 12.1. The van der Waals surface area contributed by atoms with Gasteiger partial charge in [-0.15, -0.1) is 0 Å². The number of aryl methyl sites for hydroxylation is 1. The molecule has 0 radical (unpaired) electrons. The maximum absolute atomic E-state index is 15.3. The van der Waals surface area contributed by atoms with Gasteiger partial charge in [-0.2, -0.15) is 0 Å². The average Bonchev–Trinajstić information content (AvgIpc) is 2.81. The smallest absolute Gasteiger partial charge is 0.278 e. The van der Waals surface area contributed by atoms with Crippen molar-refractivity contribution in [2.75, 3.05) is 29.2 Å². The lowest BCUT2D eigenvalue weighted by Crippen LogP contribution is -2.27. The molecule has 0 spiro atoms. The fourth-order valence-corrected chi connectivity index (χ4v) is 4.06. The summed E-state index contributed by atoms with van der Waals surface area (Å²) in [5, 5.41) is 4.01. The number of hydrogen-bond donors (Lipinski definition) is 1. The maximum atomic E-state index is 15.3. The minimum Gasteiger partial charge on any atom is -0.370 e. The Morgan fingerprint density at radius 3 is 2.28 bits per heavy atom. The molecule has 0 saturated carbocycles. The number of rotatable bonds is 9. The number of fused-ring (bicyclic) bond motifs is 1. The van der Waals surface area contributed by atoms with Crippen LogP contribution in [0.4, 0.5) is 30.4 Å². The topological polar surface area (TPSA) is 44.3 Å². The van der Waals surface area contributed by atoms with Crippen LogP contribution in [0.3, 0.4) is 0 Å². The molecule has 0 aliphatic rings. The van der Waals surface area contributed by atoms with Crippen LogP contribution in [0.5, 0.6) is 0 Å². The van der Waals surface area contributed by atoms with Gasteiger partial charge in [0, 0.05) is 37.0 Å². The molecule has 0 aliphatic heterocycles. The molecule has 36 heavy (non-hydrogen) atoms. The van der Waals surface area contributed by atoms with Crippen molar-refractivity contribution in [3.8, 4) is 0 Å². The fraction of sp³-hybridized carbons (Fsp3) is 0.429. The number of benzene rings is 2. The first-order chi connectivity index (χ1) is 16.8. The van der Waals surface area contributed by atoms with Gasteiger partial charge in [-0.25, -0.2) is 23.1 Å². The number of hydrogen-bond acceptors (Lipinski definition) is 5. The Morgan fingerprint density at radius 1 is 1.03 bits per heavy atom. The molecule has 3 aromatic rings. The zero-order valence-corrected chi connectivity index (χ0v) is 22.3. The summed E-state index contributed by atoms with van der Waals surface area (Å²) in [5.74, 6) is -4.16. The number of nitrogens with one attached hydrogen (secondary N) is 1. The van der Waals surface area contributed by atoms with Gasteiger partial charge in [0.2, 0.25) is 0 Å². The largest absolute Gasteiger partial charge is 0.370 e. The third-order valence-electron chi connectivity index (χ3n) is 6.64. The Balaban J connectivity index is 2.14. The molecule has 0 bridgehead atoms. The Kier molecular flexibility index (Phi) is 7.86. The molecule has 0 unspecified atom stereocenters. The molecule has 8 heteroatoms. The predicted molar refractivity (Wildman–Crippen MR) is 144 cm³/mol. The maximum Gasteiger partial charge on any atom is 0.278 e. The van der Waals surface area contributed by atoms with Crippen LogP contribution in [-0.2, 0) is 5.92 Å². The van der Waals surface area contributed by atoms with Crippen molar-refractivity contribution in [3.63, 3.8) is 0 Å². The summed E-state index contributed by atoms with van der Waals surface area (Å²) in [6, 6.07) is 7.73. The first-order valence-corrected chi connectivity index (χ1v) is 12.1. The molecule has 3 rings (SSSR count). The van der Waals surface area contributed by atoms with Crippen molar-refractivity contribution in [2.24, 2.45) is 5.92 Å². The van der Waals surface area contributed by atoms with Crippen molar-refractivity contribution in [3.05, 3.63) is 65.9 Å². The van der Waals surface area contributed by atoms with Crippen molar-refractivity contribution in [1.82, 2.24) is 9.97 Å². The first kappa shape index (κ1) is 27.3. The number of aromatic nitrogens is 2. The third kappa shape index (κ3) is 5.13. The van der Waals surface area contributed by atoms with Crippen LogP contribution >= 0.6 is 0 Å². The zero-order valence-electron chi connectivity index (χ0n) is 22.3. The molecule has 1 heterocycles. The summed E-state index contributed by atoms with van der Waals surface area (Å²) in [6.07, 6.45) is 1.73. The van der Waals surface area contributed by atoms with Crippen molar-refractivity contribution < 1.29 is 13.2 Å². The monoisotopic (exact) mass is 499 g/mol. The molecule has 0 aliphatic carbocycles. The van der Waals surface area contributed by atoms with E-state index in [4.69, 9.17) is 0 Å². The Morgan fingerprint density at radius 2 is 1.69 bits per heavy atom. The van der Waals surface area contributed by atoms with Gasteiger partial charge in [-0.3, -0.25) is 0 Å². The fourth-order valence-electron chi connectivity index (χ4n) is 4.06. The van der Waals surface area contributed by atoms with E-state index in [1.54, 1.807) is 20.0 Å². The summed E-state index contributed by atoms with van der Waals surface area (Å²) in [6.45, 7) is 14.4. The summed E-state index contributed by atoms with van der Waals surface area (Å²) >= 11 is 0. The van der Waals surface area contributed by atoms with Crippen molar-refractivity contribution in [1.29, 1.82) is 0 Å². The second-order valence-electron chi connectivity index (χ2n) is 9.83. The van der Waals surface area contributed by atoms with Gasteiger partial charge in [0.05, 0.1) is 28.5 Å². The Labute approximate surface area is 212 Å². The predicted octanol–water partition coefficient (Wildman–Crippen LogP) is 7.42. The number of nitrogens with zero attached hydrogens (tertiary/aromatic N) is 4. The van der Waals surface area contributed by atoms with Gasteiger partial charge in [-0.1, -0.05) is 38.6 Å². The highest BCUT2D eigenvalue weighted by atomic mass is 19.3. The normalized spacial score (nSPS) is 12.8. The van der Waals surface area contributed by atoms with Crippen LogP contribution in [0.15, 0.2) is 43.1 Å². The van der Waals surface area contributed by atoms with Gasteiger partial charge < -0.3 is 15.1 Å². The van der Waals surface area contributed by atoms with E-state index in [0.717, 1.165) is 22.8 Å². The van der Waals surface area contributed by atoms with E-state index in [1.807, 2.05) is 31.1 Å². The number of anilines is 3. The number of alkyl halides is 2. The van der Waals surface area contributed by atoms with Crippen LogP contribution < -0.4 is 15.1 Å². The minimum atomic E-state index is -3.28. The molecular formula is C28H36F3N5. The minimum absolute atomic E-state index is 0.153. The summed E-state index contributed by atoms with van der Waals surface area (Å²) in [7, 11) is 3.93. The van der Waals surface area contributed by atoms with E-state index in [1.165, 1.54) is 26.0 Å². The van der Waals surface area contributed by atoms with Crippen LogP contribution in [0, 0.1) is 18.7 Å². The zero-order chi connectivity index (χ0) is 26.9. The van der Waals surface area contributed by atoms with Crippen molar-refractivity contribution in [2.45, 2.75) is 59.5 Å². The quantitative estimate of drug-likeness (QED) is 0.332. The Hall–Kier alpha value is -3.29. The van der Waals surface area contributed by atoms with Gasteiger partial charge in [0.25, 0.3) is 5.92 Å². The molecule has 1 atom stereocenters. The van der Waals surface area contributed by atoms with Gasteiger partial charge in [-0.05, 0) is 46.0 Å². The third-order valence-corrected chi connectivity index (χ3v) is 6.64. The molecule has 0 amide bonds. The molecule has 0 fully saturated rings. The lowest BCUT2D eigenvalue weighted by atomic mass is 9.94. The van der Waals surface area contributed by atoms with E-state index >= 15 is 4.39 Å². The Bertz CT molecular complexity index is 1260. The SMILES string of the molecule is C=CN(C)c1cc2nc(C)nc(N[C@H](C)c3cccc(C(F)(F)C(C)C)c3F)c2cc1N(C)C(C)C. The molecule has 1 aromatic heterocycles. The standard InChI is InChI=1S/C28H36F3N5/c1-10-35(8)24-15-23-21(14-25(24)36(9)17(4)5)27(34-19(7)33-23)32-18(6)20-12-11-13-22(26(20)29)28(30,31)16(2)3/h10-18H,1H2,2-9H3,(H,32,33,34)/t18-/m1/s1. The number of halogens is 3. The van der Waals surface area contributed by atoms with Crippen LogP contribution in [-0.4, -0.2) is 30.1 Å². The van der Waals surface area contributed by atoms with Crippen molar-refractivity contribution >= 4 is 28.1 Å². The van der Waals surface area contributed by atoms with Crippen LogP contribution in [0.1, 0.15) is 57.6 Å². The highest BCUT2D eigenvalue weighted by molar-refractivity contribution is 5.97. The lowest BCUT2D eigenvalue weighted by molar-refractivity contribution is -0.0545. The molecule has 194 valence electrons. The average molecular weight is 500 g/mol. The summed E-state index contributed by atoms with van der Waals surface area (Å²) < 4.78 is 44.7. The van der Waals surface area contributed by atoms with E-state index in [9.17, 15) is 8.78 Å². The van der Waals surface area contributed by atoms with E-state index < -0.39 is 29.3 Å². The molecular weight excluding hydrogens is 463 g/mol. The molecule has 1 N–H and O–H groups in total. The van der Waals surface area contributed by atoms with Gasteiger partial charge in [0.15, 0.2) is 0 Å². The summed E-state index contributed by atoms with van der Waals surface area (Å²) in [5.41, 5.74) is 2.15. The van der Waals surface area contributed by atoms with Crippen LogP contribution in [0.2, 0.25) is 0 Å². The van der Waals surface area contributed by atoms with E-state index in [-0.39, 0.29) is 11.6 Å². The highest BCUT2D eigenvalue weighted by Gasteiger charge is 2.39. The van der Waals surface area contributed by atoms with E-state index in [0.29, 0.717) is 17.2 Å². The van der Waals surface area contributed by atoms with Gasteiger partial charge in [0.1, 0.15) is 17.5 Å². The second-order valence-corrected chi connectivity index (χ2v) is 9.83. The molecule has 2 aromatic carbocycles. The lowest BCUT2D eigenvalue weighted by Gasteiger charge is -2.30. The second kappa shape index (κ2) is 10.4. The molecule has 0 saturated heterocycles.